The Kier molecular flexibility index (Phi) is 16.7. The molecule has 0 saturated carbocycles. The lowest BCUT2D eigenvalue weighted by molar-refractivity contribution is 0.125. The summed E-state index contributed by atoms with van der Waals surface area (Å²) >= 11 is 0. The third kappa shape index (κ3) is 14.8. The van der Waals surface area contributed by atoms with E-state index in [1.807, 2.05) is 6.07 Å². The van der Waals surface area contributed by atoms with Crippen LogP contribution < -0.4 is 4.74 Å². The zero-order chi connectivity index (χ0) is 22.6. The number of aryl methyl sites for hydroxylation is 1. The average Bonchev–Trinajstić information content (AvgIpc) is 2.75. The predicted octanol–water partition coefficient (Wildman–Crippen LogP) is 7.88. The van der Waals surface area contributed by atoms with E-state index in [9.17, 15) is 9.90 Å². The molecule has 0 aliphatic carbocycles. The number of unbranched alkanes of at least 4 members (excludes halogenated alkanes) is 13. The molecule has 0 fully saturated rings. The second kappa shape index (κ2) is 19.0. The third-order valence-electron chi connectivity index (χ3n) is 5.66. The molecule has 0 atom stereocenters. The van der Waals surface area contributed by atoms with Gasteiger partial charge in [0, 0.05) is 13.2 Å². The van der Waals surface area contributed by atoms with Crippen molar-refractivity contribution in [3.8, 4) is 11.5 Å². The van der Waals surface area contributed by atoms with Crippen LogP contribution in [0.25, 0.3) is 0 Å². The summed E-state index contributed by atoms with van der Waals surface area (Å²) in [7, 11) is 0. The van der Waals surface area contributed by atoms with Gasteiger partial charge >= 0.3 is 6.16 Å². The van der Waals surface area contributed by atoms with E-state index in [1.54, 1.807) is 6.07 Å². The van der Waals surface area contributed by atoms with E-state index in [0.717, 1.165) is 38.0 Å². The van der Waals surface area contributed by atoms with Crippen LogP contribution in [0.1, 0.15) is 109 Å². The molecule has 1 aromatic carbocycles. The van der Waals surface area contributed by atoms with Crippen molar-refractivity contribution in [2.45, 2.75) is 110 Å². The second-order valence-corrected chi connectivity index (χ2v) is 8.44. The van der Waals surface area contributed by atoms with Crippen LogP contribution >= 0.6 is 0 Å². The van der Waals surface area contributed by atoms with Crippen molar-refractivity contribution in [2.24, 2.45) is 0 Å². The van der Waals surface area contributed by atoms with E-state index < -0.39 is 6.16 Å². The molecule has 178 valence electrons. The molecule has 0 bridgehead atoms. The van der Waals surface area contributed by atoms with Crippen LogP contribution in [0.5, 0.6) is 11.5 Å². The number of hydrogen-bond donors (Lipinski definition) is 2. The Bertz CT molecular complexity index is 573. The number of hydrogen-bond acceptors (Lipinski definition) is 4. The van der Waals surface area contributed by atoms with Gasteiger partial charge in [-0.05, 0) is 37.3 Å². The van der Waals surface area contributed by atoms with Gasteiger partial charge in [0.1, 0.15) is 0 Å². The van der Waals surface area contributed by atoms with Crippen molar-refractivity contribution in [1.82, 2.24) is 0 Å². The van der Waals surface area contributed by atoms with E-state index in [1.165, 1.54) is 89.5 Å². The summed E-state index contributed by atoms with van der Waals surface area (Å²) in [5.74, 6) is -0.0385. The van der Waals surface area contributed by atoms with Gasteiger partial charge in [0.15, 0.2) is 11.5 Å². The highest BCUT2D eigenvalue weighted by molar-refractivity contribution is 5.63. The molecule has 2 N–H and O–H groups in total. The normalized spacial score (nSPS) is 11.0. The zero-order valence-electron chi connectivity index (χ0n) is 19.6. The van der Waals surface area contributed by atoms with E-state index in [0.29, 0.717) is 0 Å². The number of aromatic hydroxyl groups is 1. The molecule has 0 unspecified atom stereocenters. The minimum atomic E-state index is -1.41. The molecule has 31 heavy (non-hydrogen) atoms. The summed E-state index contributed by atoms with van der Waals surface area (Å²) in [6.45, 7) is 4.10. The Labute approximate surface area is 189 Å². The standard InChI is InChI=1S/C26H44O5/c1-2-3-4-15-21-30-22-16-13-11-9-7-5-6-8-10-12-14-18-23-19-17-20-24(25(23)27)31-26(28)29/h17,19-20,27H,2-16,18,21-22H2,1H3,(H,28,29). The lowest BCUT2D eigenvalue weighted by atomic mass is 10.0. The molecule has 1 aromatic rings. The number of benzene rings is 1. The van der Waals surface area contributed by atoms with Crippen molar-refractivity contribution in [3.05, 3.63) is 23.8 Å². The molecule has 0 aromatic heterocycles. The third-order valence-corrected chi connectivity index (χ3v) is 5.66. The fraction of sp³-hybridized carbons (Fsp3) is 0.731. The Morgan fingerprint density at radius 1 is 0.774 bits per heavy atom. The second-order valence-electron chi connectivity index (χ2n) is 8.44. The first kappa shape index (κ1) is 27.3. The van der Waals surface area contributed by atoms with Gasteiger partial charge in [0.05, 0.1) is 0 Å². The van der Waals surface area contributed by atoms with Crippen LogP contribution in [0.4, 0.5) is 4.79 Å². The fourth-order valence-electron chi connectivity index (χ4n) is 3.79. The maximum atomic E-state index is 10.6. The summed E-state index contributed by atoms with van der Waals surface area (Å²) in [5, 5.41) is 18.8. The smallest absolute Gasteiger partial charge is 0.504 e. The van der Waals surface area contributed by atoms with E-state index in [2.05, 4.69) is 11.7 Å². The van der Waals surface area contributed by atoms with Gasteiger partial charge in [0.25, 0.3) is 0 Å². The lowest BCUT2D eigenvalue weighted by Crippen LogP contribution is -2.03. The SMILES string of the molecule is CCCCCCOCCCCCCCCCCCCCc1cccc(OC(=O)O)c1O. The highest BCUT2D eigenvalue weighted by atomic mass is 16.7. The molecule has 0 heterocycles. The maximum absolute atomic E-state index is 10.6. The molecule has 5 heteroatoms. The molecule has 0 saturated heterocycles. The number of rotatable bonds is 20. The largest absolute Gasteiger partial charge is 0.511 e. The van der Waals surface area contributed by atoms with Crippen LogP contribution in [0, 0.1) is 0 Å². The van der Waals surface area contributed by atoms with Crippen molar-refractivity contribution in [2.75, 3.05) is 13.2 Å². The average molecular weight is 437 g/mol. The van der Waals surface area contributed by atoms with Crippen LogP contribution in [0.15, 0.2) is 18.2 Å². The zero-order valence-corrected chi connectivity index (χ0v) is 19.6. The molecule has 0 aliphatic heterocycles. The summed E-state index contributed by atoms with van der Waals surface area (Å²) in [4.78, 5) is 10.6. The topological polar surface area (TPSA) is 76.0 Å². The number of ether oxygens (including phenoxy) is 2. The van der Waals surface area contributed by atoms with Gasteiger partial charge in [-0.15, -0.1) is 0 Å². The molecule has 0 aliphatic rings. The Morgan fingerprint density at radius 3 is 1.84 bits per heavy atom. The molecule has 1 rings (SSSR count). The number of phenolic OH excluding ortho intramolecular Hbond substituents is 1. The first-order chi connectivity index (χ1) is 15.1. The van der Waals surface area contributed by atoms with Crippen molar-refractivity contribution in [1.29, 1.82) is 0 Å². The van der Waals surface area contributed by atoms with Crippen molar-refractivity contribution < 1.29 is 24.5 Å². The highest BCUT2D eigenvalue weighted by Crippen LogP contribution is 2.31. The van der Waals surface area contributed by atoms with Gasteiger partial charge < -0.3 is 19.7 Å². The van der Waals surface area contributed by atoms with Gasteiger partial charge in [-0.2, -0.15) is 0 Å². The number of carbonyl (C=O) groups is 1. The maximum Gasteiger partial charge on any atom is 0.511 e. The number of para-hydroxylation sites is 1. The summed E-state index contributed by atoms with van der Waals surface area (Å²) in [5.41, 5.74) is 0.751. The van der Waals surface area contributed by atoms with E-state index in [-0.39, 0.29) is 11.5 Å². The van der Waals surface area contributed by atoms with Gasteiger partial charge in [-0.1, -0.05) is 96.1 Å². The molecule has 0 spiro atoms. The van der Waals surface area contributed by atoms with Gasteiger partial charge in [-0.3, -0.25) is 0 Å². The Morgan fingerprint density at radius 2 is 1.29 bits per heavy atom. The Balaban J connectivity index is 1.88. The minimum Gasteiger partial charge on any atom is -0.504 e. The van der Waals surface area contributed by atoms with Crippen LogP contribution in [0.3, 0.4) is 0 Å². The minimum absolute atomic E-state index is 0.0138. The predicted molar refractivity (Wildman–Crippen MR) is 126 cm³/mol. The molecule has 0 amide bonds. The summed E-state index contributed by atoms with van der Waals surface area (Å²) < 4.78 is 10.3. The summed E-state index contributed by atoms with van der Waals surface area (Å²) in [6, 6.07) is 5.01. The quantitative estimate of drug-likeness (QED) is 0.123. The van der Waals surface area contributed by atoms with Crippen LogP contribution in [0.2, 0.25) is 0 Å². The number of phenols is 1. The van der Waals surface area contributed by atoms with Crippen LogP contribution in [-0.2, 0) is 11.2 Å². The number of carboxylic acid groups (broad SMARTS) is 1. The first-order valence-electron chi connectivity index (χ1n) is 12.4. The van der Waals surface area contributed by atoms with E-state index in [4.69, 9.17) is 9.84 Å². The molecule has 5 nitrogen and oxygen atoms in total. The fourth-order valence-corrected chi connectivity index (χ4v) is 3.79. The van der Waals surface area contributed by atoms with Gasteiger partial charge in [0.2, 0.25) is 0 Å². The van der Waals surface area contributed by atoms with Crippen molar-refractivity contribution in [3.63, 3.8) is 0 Å². The molecular formula is C26H44O5. The highest BCUT2D eigenvalue weighted by Gasteiger charge is 2.10. The monoisotopic (exact) mass is 436 g/mol. The molecular weight excluding hydrogens is 392 g/mol. The van der Waals surface area contributed by atoms with Gasteiger partial charge in [-0.25, -0.2) is 4.79 Å². The summed E-state index contributed by atoms with van der Waals surface area (Å²) in [6.07, 6.45) is 18.2. The Hall–Kier alpha value is -1.75. The molecule has 0 radical (unpaired) electrons. The van der Waals surface area contributed by atoms with Crippen LogP contribution in [-0.4, -0.2) is 29.6 Å². The van der Waals surface area contributed by atoms with E-state index >= 15 is 0 Å². The lowest BCUT2D eigenvalue weighted by Gasteiger charge is -2.08. The van der Waals surface area contributed by atoms with Crippen molar-refractivity contribution >= 4 is 6.16 Å². The first-order valence-corrected chi connectivity index (χ1v) is 12.4.